The van der Waals surface area contributed by atoms with Crippen LogP contribution in [0.4, 0.5) is 0 Å². The molecule has 0 aliphatic rings. The second-order valence-electron chi connectivity index (χ2n) is 1.60. The van der Waals surface area contributed by atoms with Gasteiger partial charge in [-0.25, -0.2) is 9.97 Å². The van der Waals surface area contributed by atoms with Crippen molar-refractivity contribution in [2.24, 2.45) is 0 Å². The molecule has 0 spiro atoms. The molecule has 0 aromatic carbocycles. The van der Waals surface area contributed by atoms with Crippen molar-refractivity contribution in [3.8, 4) is 0 Å². The Morgan fingerprint density at radius 2 is 1.91 bits per heavy atom. The molecule has 0 atom stereocenters. The standard InChI is InChI=1S/C5H4BrClN2.C2H6/c1-3-2-4(7)9-5(6)8-3;1-2/h2H,1H3;1-2H3. The molecule has 0 unspecified atom stereocenters. The van der Waals surface area contributed by atoms with Gasteiger partial charge in [-0.3, -0.25) is 0 Å². The molecule has 0 N–H and O–H groups in total. The highest BCUT2D eigenvalue weighted by molar-refractivity contribution is 9.10. The predicted molar refractivity (Wildman–Crippen MR) is 50.8 cm³/mol. The van der Waals surface area contributed by atoms with Crippen molar-refractivity contribution in [1.82, 2.24) is 9.97 Å². The molecule has 0 radical (unpaired) electrons. The zero-order valence-electron chi connectivity index (χ0n) is 6.73. The summed E-state index contributed by atoms with van der Waals surface area (Å²) in [4.78, 5) is 7.76. The number of rotatable bonds is 0. The average Bonchev–Trinajstić information content (AvgIpc) is 1.88. The van der Waals surface area contributed by atoms with E-state index in [1.807, 2.05) is 20.8 Å². The number of hydrogen-bond donors (Lipinski definition) is 0. The minimum Gasteiger partial charge on any atom is -0.227 e. The van der Waals surface area contributed by atoms with Gasteiger partial charge in [0, 0.05) is 5.69 Å². The van der Waals surface area contributed by atoms with E-state index in [1.54, 1.807) is 6.07 Å². The normalized spacial score (nSPS) is 8.45. The Morgan fingerprint density at radius 3 is 2.27 bits per heavy atom. The summed E-state index contributed by atoms with van der Waals surface area (Å²) >= 11 is 8.68. The highest BCUT2D eigenvalue weighted by atomic mass is 79.9. The van der Waals surface area contributed by atoms with E-state index in [0.29, 0.717) is 9.89 Å². The van der Waals surface area contributed by atoms with Crippen LogP contribution in [-0.2, 0) is 0 Å². The van der Waals surface area contributed by atoms with Gasteiger partial charge in [-0.2, -0.15) is 0 Å². The smallest absolute Gasteiger partial charge is 0.198 e. The quantitative estimate of drug-likeness (QED) is 0.511. The fraction of sp³-hybridized carbons (Fsp3) is 0.429. The predicted octanol–water partition coefficient (Wildman–Crippen LogP) is 3.23. The van der Waals surface area contributed by atoms with Crippen molar-refractivity contribution in [2.45, 2.75) is 20.8 Å². The van der Waals surface area contributed by atoms with Crippen LogP contribution in [0, 0.1) is 6.92 Å². The molecule has 2 nitrogen and oxygen atoms in total. The number of aromatic nitrogens is 2. The van der Waals surface area contributed by atoms with Crippen LogP contribution in [0.25, 0.3) is 0 Å². The Labute approximate surface area is 80.1 Å². The number of halogens is 2. The van der Waals surface area contributed by atoms with Gasteiger partial charge in [0.05, 0.1) is 0 Å². The van der Waals surface area contributed by atoms with E-state index >= 15 is 0 Å². The maximum absolute atomic E-state index is 5.57. The topological polar surface area (TPSA) is 25.8 Å². The summed E-state index contributed by atoms with van der Waals surface area (Å²) < 4.78 is 0.535. The highest BCUT2D eigenvalue weighted by Gasteiger charge is 1.93. The minimum atomic E-state index is 0.467. The number of nitrogens with zero attached hydrogens (tertiary/aromatic N) is 2. The van der Waals surface area contributed by atoms with Crippen molar-refractivity contribution in [3.05, 3.63) is 21.6 Å². The first-order valence-electron chi connectivity index (χ1n) is 3.35. The van der Waals surface area contributed by atoms with Gasteiger partial charge >= 0.3 is 0 Å². The lowest BCUT2D eigenvalue weighted by Gasteiger charge is -1.92. The first-order chi connectivity index (χ1) is 5.18. The van der Waals surface area contributed by atoms with Crippen LogP contribution >= 0.6 is 27.5 Å². The van der Waals surface area contributed by atoms with Crippen molar-refractivity contribution < 1.29 is 0 Å². The Hall–Kier alpha value is -0.150. The summed E-state index contributed by atoms with van der Waals surface area (Å²) in [5, 5.41) is 0.467. The van der Waals surface area contributed by atoms with Crippen LogP contribution in [-0.4, -0.2) is 9.97 Å². The van der Waals surface area contributed by atoms with E-state index in [9.17, 15) is 0 Å². The highest BCUT2D eigenvalue weighted by Crippen LogP contribution is 2.09. The first kappa shape index (κ1) is 10.8. The van der Waals surface area contributed by atoms with Gasteiger partial charge in [0.15, 0.2) is 4.73 Å². The monoisotopic (exact) mass is 236 g/mol. The van der Waals surface area contributed by atoms with E-state index in [4.69, 9.17) is 11.6 Å². The van der Waals surface area contributed by atoms with Gasteiger partial charge < -0.3 is 0 Å². The van der Waals surface area contributed by atoms with E-state index < -0.39 is 0 Å². The van der Waals surface area contributed by atoms with Crippen molar-refractivity contribution in [1.29, 1.82) is 0 Å². The van der Waals surface area contributed by atoms with Crippen LogP contribution in [0.1, 0.15) is 19.5 Å². The summed E-state index contributed by atoms with van der Waals surface area (Å²) in [6, 6.07) is 1.70. The lowest BCUT2D eigenvalue weighted by Crippen LogP contribution is -1.85. The van der Waals surface area contributed by atoms with Crippen molar-refractivity contribution in [3.63, 3.8) is 0 Å². The summed E-state index contributed by atoms with van der Waals surface area (Å²) in [6.45, 7) is 5.86. The zero-order valence-corrected chi connectivity index (χ0v) is 9.07. The molecule has 0 amide bonds. The number of aryl methyl sites for hydroxylation is 1. The molecule has 0 aliphatic heterocycles. The minimum absolute atomic E-state index is 0.467. The maximum Gasteiger partial charge on any atom is 0.198 e. The third-order valence-corrected chi connectivity index (χ3v) is 1.34. The van der Waals surface area contributed by atoms with E-state index in [1.165, 1.54) is 0 Å². The van der Waals surface area contributed by atoms with E-state index in [2.05, 4.69) is 25.9 Å². The van der Waals surface area contributed by atoms with Crippen LogP contribution in [0.5, 0.6) is 0 Å². The fourth-order valence-corrected chi connectivity index (χ4v) is 1.31. The third-order valence-electron chi connectivity index (χ3n) is 0.796. The van der Waals surface area contributed by atoms with Gasteiger partial charge in [-0.05, 0) is 28.9 Å². The maximum atomic E-state index is 5.57. The Bertz CT molecular complexity index is 177. The SMILES string of the molecule is CC.Cc1cc(Cl)nc(Br)n1. The Kier molecular flexibility index (Phi) is 5.42. The van der Waals surface area contributed by atoms with Crippen LogP contribution in [0.3, 0.4) is 0 Å². The summed E-state index contributed by atoms with van der Waals surface area (Å²) in [5.41, 5.74) is 0.863. The molecule has 1 rings (SSSR count). The van der Waals surface area contributed by atoms with Crippen LogP contribution < -0.4 is 0 Å². The molecule has 0 saturated heterocycles. The molecule has 11 heavy (non-hydrogen) atoms. The molecular formula is C7H10BrClN2. The summed E-state index contributed by atoms with van der Waals surface area (Å²) in [6.07, 6.45) is 0. The molecule has 0 aliphatic carbocycles. The Balaban J connectivity index is 0.000000461. The molecule has 1 aromatic rings. The van der Waals surface area contributed by atoms with Gasteiger partial charge in [0.1, 0.15) is 5.15 Å². The van der Waals surface area contributed by atoms with Gasteiger partial charge in [0.2, 0.25) is 0 Å². The number of hydrogen-bond acceptors (Lipinski definition) is 2. The van der Waals surface area contributed by atoms with Gasteiger partial charge in [-0.15, -0.1) is 0 Å². The van der Waals surface area contributed by atoms with E-state index in [-0.39, 0.29) is 0 Å². The molecule has 0 fully saturated rings. The molecular weight excluding hydrogens is 227 g/mol. The molecule has 1 aromatic heterocycles. The van der Waals surface area contributed by atoms with Gasteiger partial charge in [-0.1, -0.05) is 25.4 Å². The van der Waals surface area contributed by atoms with Crippen LogP contribution in [0.2, 0.25) is 5.15 Å². The van der Waals surface area contributed by atoms with Gasteiger partial charge in [0.25, 0.3) is 0 Å². The van der Waals surface area contributed by atoms with E-state index in [0.717, 1.165) is 5.69 Å². The van der Waals surface area contributed by atoms with Crippen molar-refractivity contribution >= 4 is 27.5 Å². The Morgan fingerprint density at radius 1 is 1.36 bits per heavy atom. The zero-order chi connectivity index (χ0) is 8.85. The van der Waals surface area contributed by atoms with Crippen molar-refractivity contribution in [2.75, 3.05) is 0 Å². The summed E-state index contributed by atoms with van der Waals surface area (Å²) in [5.74, 6) is 0. The molecule has 4 heteroatoms. The molecule has 62 valence electrons. The average molecular weight is 238 g/mol. The largest absolute Gasteiger partial charge is 0.227 e. The lowest BCUT2D eigenvalue weighted by atomic mass is 10.5. The second kappa shape index (κ2) is 5.49. The second-order valence-corrected chi connectivity index (χ2v) is 2.70. The lowest BCUT2D eigenvalue weighted by molar-refractivity contribution is 1.06. The summed E-state index contributed by atoms with van der Waals surface area (Å²) in [7, 11) is 0. The molecule has 0 bridgehead atoms. The third kappa shape index (κ3) is 4.32. The molecule has 1 heterocycles. The first-order valence-corrected chi connectivity index (χ1v) is 4.52. The fourth-order valence-electron chi connectivity index (χ4n) is 0.496. The van der Waals surface area contributed by atoms with Crippen LogP contribution in [0.15, 0.2) is 10.8 Å². The molecule has 0 saturated carbocycles.